The van der Waals surface area contributed by atoms with E-state index in [4.69, 9.17) is 44.7 Å². The Bertz CT molecular complexity index is 3140. The summed E-state index contributed by atoms with van der Waals surface area (Å²) < 4.78 is 40.5. The fourth-order valence-electron chi connectivity index (χ4n) is 13.1. The van der Waals surface area contributed by atoms with Gasteiger partial charge in [-0.1, -0.05) is 83.0 Å². The summed E-state index contributed by atoms with van der Waals surface area (Å²) in [4.78, 5) is 95.2. The van der Waals surface area contributed by atoms with Crippen molar-refractivity contribution >= 4 is 58.3 Å². The molecule has 6 rings (SSSR count). The molecule has 0 radical (unpaired) electrons. The van der Waals surface area contributed by atoms with Crippen LogP contribution in [0.5, 0.6) is 0 Å². The van der Waals surface area contributed by atoms with E-state index in [1.165, 1.54) is 0 Å². The predicted molar refractivity (Wildman–Crippen MR) is 386 cm³/mol. The molecule has 19 N–H and O–H groups in total. The van der Waals surface area contributed by atoms with E-state index in [-0.39, 0.29) is 128 Å². The molecule has 4 aliphatic rings. The molecule has 32 nitrogen and oxygen atoms in total. The summed E-state index contributed by atoms with van der Waals surface area (Å²) in [5, 5.41) is 95.4. The van der Waals surface area contributed by atoms with Gasteiger partial charge in [-0.25, -0.2) is 0 Å². The van der Waals surface area contributed by atoms with Gasteiger partial charge in [-0.3, -0.25) is 39.4 Å². The van der Waals surface area contributed by atoms with E-state index >= 15 is 0 Å². The molecule has 6 amide bonds. The van der Waals surface area contributed by atoms with Crippen LogP contribution < -0.4 is 59.1 Å². The Hall–Kier alpha value is -6.99. The van der Waals surface area contributed by atoms with Gasteiger partial charge in [-0.05, 0) is 83.3 Å². The van der Waals surface area contributed by atoms with Crippen LogP contribution in [-0.4, -0.2) is 248 Å². The Labute approximate surface area is 615 Å². The summed E-state index contributed by atoms with van der Waals surface area (Å²) in [5.74, 6) is 1.21. The van der Waals surface area contributed by atoms with E-state index in [1.54, 1.807) is 39.5 Å². The third kappa shape index (κ3) is 26.4. The molecule has 0 saturated carbocycles. The summed E-state index contributed by atoms with van der Waals surface area (Å²) in [6.45, 7) is 13.4. The second-order valence-corrected chi connectivity index (χ2v) is 27.8. The van der Waals surface area contributed by atoms with E-state index in [2.05, 4.69) is 42.6 Å². The van der Waals surface area contributed by atoms with Crippen LogP contribution in [0.1, 0.15) is 142 Å². The lowest BCUT2D eigenvalue weighted by Crippen LogP contribution is -2.68. The van der Waals surface area contributed by atoms with Crippen LogP contribution >= 0.6 is 0 Å². The number of hydrogen-bond acceptors (Lipinski definition) is 26. The maximum absolute atomic E-state index is 14.0. The molecule has 2 saturated heterocycles. The summed E-state index contributed by atoms with van der Waals surface area (Å²) >= 11 is 0. The zero-order valence-electron chi connectivity index (χ0n) is 61.8. The van der Waals surface area contributed by atoms with E-state index in [0.29, 0.717) is 67.8 Å². The zero-order chi connectivity index (χ0) is 76.7. The number of ether oxygens (including phenoxy) is 7. The first kappa shape index (κ1) is 86.9. The Morgan fingerprint density at radius 2 is 1.30 bits per heavy atom. The van der Waals surface area contributed by atoms with Crippen LogP contribution in [0, 0.1) is 17.8 Å². The number of allylic oxidation sites excluding steroid dienone is 1. The average molecular weight is 1480 g/mol. The van der Waals surface area contributed by atoms with Gasteiger partial charge in [0.05, 0.1) is 119 Å². The number of benzene rings is 2. The van der Waals surface area contributed by atoms with E-state index in [9.17, 15) is 69.3 Å². The van der Waals surface area contributed by atoms with E-state index in [0.717, 1.165) is 28.8 Å². The van der Waals surface area contributed by atoms with Crippen molar-refractivity contribution in [2.24, 2.45) is 29.3 Å². The van der Waals surface area contributed by atoms with Gasteiger partial charge in [0.2, 0.25) is 35.4 Å². The smallest absolute Gasteiger partial charge is 0.246 e. The van der Waals surface area contributed by atoms with Crippen molar-refractivity contribution in [2.75, 3.05) is 90.7 Å². The summed E-state index contributed by atoms with van der Waals surface area (Å²) in [7, 11) is 0. The highest BCUT2D eigenvalue weighted by Crippen LogP contribution is 2.38. The number of carbonyl (C=O) groups is 7. The molecule has 3 heterocycles. The summed E-state index contributed by atoms with van der Waals surface area (Å²) in [6, 6.07) is 12.5. The molecule has 1 aliphatic carbocycles. The van der Waals surface area contributed by atoms with Crippen LogP contribution in [-0.2, 0) is 73.3 Å². The number of nitrogens with zero attached hydrogens (tertiary/aromatic N) is 1. The lowest BCUT2D eigenvalue weighted by atomic mass is 9.78. The number of amides is 6. The second-order valence-electron chi connectivity index (χ2n) is 27.8. The molecule has 0 aromatic heterocycles. The average Bonchev–Trinajstić information content (AvgIpc) is 0.773. The van der Waals surface area contributed by atoms with E-state index < -0.39 is 135 Å². The fraction of sp³-hybridized carbons (Fsp3) is 0.685. The Morgan fingerprint density at radius 1 is 0.648 bits per heavy atom. The highest BCUT2D eigenvalue weighted by atomic mass is 16.6. The first-order chi connectivity index (χ1) is 50.3. The van der Waals surface area contributed by atoms with Crippen molar-refractivity contribution in [3.8, 4) is 0 Å². The van der Waals surface area contributed by atoms with Crippen LogP contribution in [0.2, 0.25) is 0 Å². The number of para-hydroxylation sites is 1. The highest BCUT2D eigenvalue weighted by Gasteiger charge is 2.55. The SMILES string of the molecule is CC(C)N/C1=C(\N)c2ccccc2N(C(=O)CCC(=O)NCCOCCOCCOCCOCCC(=O)N[C@H](CCCCNC(=O)COC2CCCCC/C(N[C@H]3O[C@H](CO)C([C@H]4O[C@H](CCO)[C@@H](O)[C@H](O)[C@H]4O)[C@H](O)[C@H]3O)=C\2NN)C(=O)N[C@H](C(=O)N[C@@H](C)C(=O)C(C)C)C(C)C)Cc2ccccc21. The first-order valence-electron chi connectivity index (χ1n) is 36.8. The maximum atomic E-state index is 14.0. The number of unbranched alkanes of at least 4 members (excludes halogenated alkanes) is 1. The molecule has 32 heteroatoms. The predicted octanol–water partition coefficient (Wildman–Crippen LogP) is -0.788. The number of ketones is 1. The van der Waals surface area contributed by atoms with Gasteiger partial charge in [-0.2, -0.15) is 0 Å². The maximum Gasteiger partial charge on any atom is 0.246 e. The molecular weight excluding hydrogens is 1370 g/mol. The van der Waals surface area contributed by atoms with E-state index in [1.807, 2.05) is 62.4 Å². The van der Waals surface area contributed by atoms with Gasteiger partial charge in [-0.15, -0.1) is 0 Å². The minimum atomic E-state index is -1.75. The zero-order valence-corrected chi connectivity index (χ0v) is 61.8. The molecule has 2 fully saturated rings. The minimum absolute atomic E-state index is 0.0000916. The number of rotatable bonds is 43. The van der Waals surface area contributed by atoms with Crippen molar-refractivity contribution in [1.82, 2.24) is 42.6 Å². The van der Waals surface area contributed by atoms with Crippen molar-refractivity contribution in [3.63, 3.8) is 0 Å². The monoisotopic (exact) mass is 1480 g/mol. The van der Waals surface area contributed by atoms with Crippen LogP contribution in [0.15, 0.2) is 59.9 Å². The number of aliphatic hydroxyl groups excluding tert-OH is 7. The lowest BCUT2D eigenvalue weighted by molar-refractivity contribution is -0.288. The molecule has 0 bridgehead atoms. The van der Waals surface area contributed by atoms with Crippen LogP contribution in [0.4, 0.5) is 5.69 Å². The van der Waals surface area contributed by atoms with Gasteiger partial charge < -0.3 is 122 Å². The third-order valence-electron chi connectivity index (χ3n) is 18.8. The highest BCUT2D eigenvalue weighted by molar-refractivity contribution is 6.02. The molecule has 2 aromatic rings. The van der Waals surface area contributed by atoms with Gasteiger partial charge in [0.1, 0.15) is 49.2 Å². The Morgan fingerprint density at radius 3 is 1.96 bits per heavy atom. The van der Waals surface area contributed by atoms with Gasteiger partial charge >= 0.3 is 0 Å². The number of fused-ring (bicyclic) bond motifs is 2. The topological polar surface area (TPSA) is 477 Å². The van der Waals surface area contributed by atoms with Gasteiger partial charge in [0.15, 0.2) is 12.0 Å². The van der Waals surface area contributed by atoms with Crippen molar-refractivity contribution in [2.45, 2.75) is 217 Å². The second kappa shape index (κ2) is 45.0. The Balaban J connectivity index is 0.890. The number of aliphatic hydroxyl groups is 7. The number of nitrogens with one attached hydrogen (secondary N) is 8. The lowest BCUT2D eigenvalue weighted by Gasteiger charge is -2.50. The first-order valence-corrected chi connectivity index (χ1v) is 36.8. The normalized spacial score (nSPS) is 25.1. The Kier molecular flexibility index (Phi) is 37.2. The minimum Gasteiger partial charge on any atom is -0.396 e. The van der Waals surface area contributed by atoms with Crippen LogP contribution in [0.25, 0.3) is 11.4 Å². The molecule has 14 atom stereocenters. The largest absolute Gasteiger partial charge is 0.396 e. The number of Topliss-reactive ketones (excluding diaryl/α,β-unsaturated/α-hetero) is 1. The third-order valence-corrected chi connectivity index (χ3v) is 18.8. The molecule has 2 unspecified atom stereocenters. The molecule has 0 spiro atoms. The van der Waals surface area contributed by atoms with Crippen molar-refractivity contribution in [1.29, 1.82) is 0 Å². The van der Waals surface area contributed by atoms with Gasteiger partial charge in [0, 0.05) is 73.7 Å². The molecular formula is C73H117N11O21. The number of carbonyl (C=O) groups excluding carboxylic acids is 7. The fourth-order valence-corrected chi connectivity index (χ4v) is 13.1. The molecule has 3 aliphatic heterocycles. The molecule has 105 heavy (non-hydrogen) atoms. The summed E-state index contributed by atoms with van der Waals surface area (Å²) in [5.41, 5.74) is 14.8. The quantitative estimate of drug-likeness (QED) is 0.0220. The number of hydrazine groups is 1. The number of hydrogen-bond donors (Lipinski definition) is 17. The van der Waals surface area contributed by atoms with Crippen molar-refractivity contribution in [3.05, 3.63) is 76.6 Å². The summed E-state index contributed by atoms with van der Waals surface area (Å²) in [6.07, 6.45) is -10.8. The molecule has 2 aromatic carbocycles. The standard InChI is InChI=1S/C73H117N11O21/c1-42(2)61(72(98)79-45(7)64(91)43(3)4)82-71(97)50(21-15-16-28-76-57(89)41-103-52-23-10-8-9-20-49(63(52)83-75)81-73-69(96)66(93)59(54(40-86)105-73)70-68(95)67(94)65(92)53(104-70)26-30-85)80-56(88)27-31-99-33-35-101-37-38-102-36-34-100-32-29-77-55(87)24-25-58(90)84-39-46-17-11-12-18-47(46)62(78-44(5)6)60(74)48-19-13-14-22-51(48)84/h11-14,17-19,22,42-45,50,52-54,59,61,65-70,73,78,81,83,85-86,92-96H,8-10,15-16,20-21,23-41,74-75H2,1-7H3,(H,76,89)(H,77,87)(H,79,98)(H,80,88)(H,82,97)/b62-60-,63-49-/t45-,50+,52?,53+,54+,59?,61-,65+,66-,67-,68+,69+,70+,73-/m0/s1. The molecule has 590 valence electrons. The van der Waals surface area contributed by atoms with Crippen molar-refractivity contribution < 1.29 is 102 Å². The van der Waals surface area contributed by atoms with Gasteiger partial charge in [0.25, 0.3) is 0 Å². The number of nitrogens with two attached hydrogens (primary N) is 2. The van der Waals surface area contributed by atoms with Crippen LogP contribution in [0.3, 0.4) is 0 Å². The number of anilines is 1.